The quantitative estimate of drug-likeness (QED) is 0.632. The fraction of sp³-hybridized carbons (Fsp3) is 0.667. The fourth-order valence-corrected chi connectivity index (χ4v) is 3.71. The van der Waals surface area contributed by atoms with Gasteiger partial charge in [0.25, 0.3) is 5.91 Å². The van der Waals surface area contributed by atoms with Crippen LogP contribution in [0.3, 0.4) is 0 Å². The number of nitrogens with zero attached hydrogens (tertiary/aromatic N) is 3. The van der Waals surface area contributed by atoms with E-state index < -0.39 is 24.2 Å². The topological polar surface area (TPSA) is 126 Å². The summed E-state index contributed by atoms with van der Waals surface area (Å²) >= 11 is 0. The number of carbonyl (C=O) groups is 2. The Labute approximate surface area is 165 Å². The van der Waals surface area contributed by atoms with Crippen LogP contribution < -0.4 is 16.4 Å². The van der Waals surface area contributed by atoms with Crippen LogP contribution in [0.15, 0.2) is 6.20 Å². The third-order valence-corrected chi connectivity index (χ3v) is 5.57. The standard InChI is InChI=1S/C18H23F3N6O2/c19-18(20,21)10-24-12-3-5-17(6-4-12,7-8-22)27-9-13(14(23)28)15(26-27)25-16(29)11-1-2-11/h9,11-12,24H,1-7,10H2,(H2,23,28)(H,25,26,29). The van der Waals surface area contributed by atoms with Crippen LogP contribution in [0.4, 0.5) is 19.0 Å². The smallest absolute Gasteiger partial charge is 0.365 e. The molecule has 0 unspecified atom stereocenters. The lowest BCUT2D eigenvalue weighted by atomic mass is 9.77. The molecule has 1 heterocycles. The Morgan fingerprint density at radius 1 is 1.31 bits per heavy atom. The van der Waals surface area contributed by atoms with E-state index in [2.05, 4.69) is 21.8 Å². The third kappa shape index (κ3) is 5.06. The molecule has 11 heteroatoms. The van der Waals surface area contributed by atoms with E-state index >= 15 is 0 Å². The predicted octanol–water partition coefficient (Wildman–Crippen LogP) is 2.03. The molecule has 0 aromatic carbocycles. The van der Waals surface area contributed by atoms with E-state index in [1.165, 1.54) is 10.9 Å². The summed E-state index contributed by atoms with van der Waals surface area (Å²) in [6, 6.07) is 1.79. The molecule has 0 spiro atoms. The summed E-state index contributed by atoms with van der Waals surface area (Å²) in [7, 11) is 0. The Morgan fingerprint density at radius 3 is 2.48 bits per heavy atom. The highest BCUT2D eigenvalue weighted by molar-refractivity contribution is 6.02. The Kier molecular flexibility index (Phi) is 5.84. The second-order valence-electron chi connectivity index (χ2n) is 7.79. The number of nitrogens with two attached hydrogens (primary N) is 1. The van der Waals surface area contributed by atoms with E-state index in [4.69, 9.17) is 5.73 Å². The zero-order valence-electron chi connectivity index (χ0n) is 15.8. The number of carbonyl (C=O) groups excluding carboxylic acids is 2. The first-order valence-electron chi connectivity index (χ1n) is 9.51. The van der Waals surface area contributed by atoms with Gasteiger partial charge in [-0.05, 0) is 38.5 Å². The van der Waals surface area contributed by atoms with Gasteiger partial charge in [-0.2, -0.15) is 23.5 Å². The molecule has 2 saturated carbocycles. The van der Waals surface area contributed by atoms with Crippen molar-refractivity contribution in [2.24, 2.45) is 11.7 Å². The Hall–Kier alpha value is -2.61. The Balaban J connectivity index is 1.77. The number of amides is 2. The van der Waals surface area contributed by atoms with Crippen LogP contribution in [0.5, 0.6) is 0 Å². The molecule has 158 valence electrons. The number of primary amides is 1. The second-order valence-corrected chi connectivity index (χ2v) is 7.79. The molecule has 1 aromatic rings. The molecule has 29 heavy (non-hydrogen) atoms. The first-order chi connectivity index (χ1) is 13.6. The number of anilines is 1. The normalized spacial score (nSPS) is 24.7. The summed E-state index contributed by atoms with van der Waals surface area (Å²) in [5.41, 5.74) is 4.70. The van der Waals surface area contributed by atoms with Crippen molar-refractivity contribution in [2.75, 3.05) is 11.9 Å². The number of hydrogen-bond donors (Lipinski definition) is 3. The zero-order valence-corrected chi connectivity index (χ0v) is 15.8. The monoisotopic (exact) mass is 412 g/mol. The van der Waals surface area contributed by atoms with Gasteiger partial charge in [0.2, 0.25) is 5.91 Å². The molecular formula is C18H23F3N6O2. The van der Waals surface area contributed by atoms with E-state index in [1.54, 1.807) is 0 Å². The van der Waals surface area contributed by atoms with Crippen molar-refractivity contribution in [3.05, 3.63) is 11.8 Å². The summed E-state index contributed by atoms with van der Waals surface area (Å²) < 4.78 is 38.8. The van der Waals surface area contributed by atoms with Crippen LogP contribution >= 0.6 is 0 Å². The van der Waals surface area contributed by atoms with Crippen LogP contribution in [0.2, 0.25) is 0 Å². The first-order valence-corrected chi connectivity index (χ1v) is 9.51. The molecule has 4 N–H and O–H groups in total. The van der Waals surface area contributed by atoms with Gasteiger partial charge < -0.3 is 16.4 Å². The van der Waals surface area contributed by atoms with E-state index in [1.807, 2.05) is 0 Å². The largest absolute Gasteiger partial charge is 0.401 e. The summed E-state index contributed by atoms with van der Waals surface area (Å²) in [6.07, 6.45) is 0.444. The Bertz CT molecular complexity index is 817. The molecule has 2 fully saturated rings. The number of nitriles is 1. The molecular weight excluding hydrogens is 389 g/mol. The maximum absolute atomic E-state index is 12.4. The minimum atomic E-state index is -4.28. The SMILES string of the molecule is N#CCC1(n2cc(C(N)=O)c(NC(=O)C3CC3)n2)CCC(NCC(F)(F)F)CC1. The summed E-state index contributed by atoms with van der Waals surface area (Å²) in [6.45, 7) is -1.06. The highest BCUT2D eigenvalue weighted by Crippen LogP contribution is 2.39. The van der Waals surface area contributed by atoms with Gasteiger partial charge in [0, 0.05) is 18.2 Å². The maximum Gasteiger partial charge on any atom is 0.401 e. The van der Waals surface area contributed by atoms with Gasteiger partial charge in [0.05, 0.1) is 24.6 Å². The van der Waals surface area contributed by atoms with Crippen LogP contribution in [-0.4, -0.2) is 40.4 Å². The molecule has 0 radical (unpaired) electrons. The van der Waals surface area contributed by atoms with Crippen LogP contribution in [0.1, 0.15) is 55.3 Å². The van der Waals surface area contributed by atoms with Crippen LogP contribution in [0, 0.1) is 17.2 Å². The molecule has 0 saturated heterocycles. The number of rotatable bonds is 7. The van der Waals surface area contributed by atoms with Crippen LogP contribution in [-0.2, 0) is 10.3 Å². The van der Waals surface area contributed by atoms with E-state index in [0.29, 0.717) is 25.7 Å². The number of halogens is 3. The molecule has 0 atom stereocenters. The van der Waals surface area contributed by atoms with E-state index in [0.717, 1.165) is 12.8 Å². The molecule has 2 amide bonds. The predicted molar refractivity (Wildman–Crippen MR) is 96.6 cm³/mol. The third-order valence-electron chi connectivity index (χ3n) is 5.57. The van der Waals surface area contributed by atoms with Gasteiger partial charge in [-0.25, -0.2) is 0 Å². The maximum atomic E-state index is 12.4. The number of alkyl halides is 3. The number of nitrogens with one attached hydrogen (secondary N) is 2. The van der Waals surface area contributed by atoms with Gasteiger partial charge in [-0.15, -0.1) is 0 Å². The van der Waals surface area contributed by atoms with E-state index in [-0.39, 0.29) is 35.7 Å². The van der Waals surface area contributed by atoms with Crippen molar-refractivity contribution >= 4 is 17.6 Å². The van der Waals surface area contributed by atoms with Crippen molar-refractivity contribution in [1.82, 2.24) is 15.1 Å². The van der Waals surface area contributed by atoms with Gasteiger partial charge in [0.1, 0.15) is 5.56 Å². The lowest BCUT2D eigenvalue weighted by Crippen LogP contribution is -2.45. The minimum absolute atomic E-state index is 0.0497. The van der Waals surface area contributed by atoms with Crippen molar-refractivity contribution in [3.63, 3.8) is 0 Å². The fourth-order valence-electron chi connectivity index (χ4n) is 3.71. The molecule has 8 nitrogen and oxygen atoms in total. The minimum Gasteiger partial charge on any atom is -0.365 e. The Morgan fingerprint density at radius 2 is 1.97 bits per heavy atom. The average Bonchev–Trinajstić information content (AvgIpc) is 3.41. The summed E-state index contributed by atoms with van der Waals surface area (Å²) in [4.78, 5) is 23.9. The van der Waals surface area contributed by atoms with Crippen LogP contribution in [0.25, 0.3) is 0 Å². The van der Waals surface area contributed by atoms with Gasteiger partial charge in [-0.1, -0.05) is 0 Å². The molecule has 3 rings (SSSR count). The van der Waals surface area contributed by atoms with E-state index in [9.17, 15) is 28.0 Å². The highest BCUT2D eigenvalue weighted by Gasteiger charge is 2.40. The summed E-state index contributed by atoms with van der Waals surface area (Å²) in [5, 5.41) is 18.8. The highest BCUT2D eigenvalue weighted by atomic mass is 19.4. The summed E-state index contributed by atoms with van der Waals surface area (Å²) in [5.74, 6) is -1.02. The van der Waals surface area contributed by atoms with Crippen molar-refractivity contribution in [1.29, 1.82) is 5.26 Å². The molecule has 2 aliphatic rings. The molecule has 2 aliphatic carbocycles. The van der Waals surface area contributed by atoms with Crippen molar-refractivity contribution in [2.45, 2.75) is 62.7 Å². The average molecular weight is 412 g/mol. The first kappa shape index (κ1) is 21.1. The second kappa shape index (κ2) is 8.02. The van der Waals surface area contributed by atoms with Crippen molar-refractivity contribution < 1.29 is 22.8 Å². The molecule has 1 aromatic heterocycles. The lowest BCUT2D eigenvalue weighted by Gasteiger charge is -2.39. The number of aromatic nitrogens is 2. The van der Waals surface area contributed by atoms with Gasteiger partial charge >= 0.3 is 6.18 Å². The number of hydrogen-bond acceptors (Lipinski definition) is 5. The van der Waals surface area contributed by atoms with Gasteiger partial charge in [0.15, 0.2) is 5.82 Å². The molecule has 0 aliphatic heterocycles. The lowest BCUT2D eigenvalue weighted by molar-refractivity contribution is -0.127. The van der Waals surface area contributed by atoms with Gasteiger partial charge in [-0.3, -0.25) is 14.3 Å². The molecule has 0 bridgehead atoms. The zero-order chi connectivity index (χ0) is 21.2. The van der Waals surface area contributed by atoms with Crippen molar-refractivity contribution in [3.8, 4) is 6.07 Å².